The van der Waals surface area contributed by atoms with Gasteiger partial charge in [-0.1, -0.05) is 12.1 Å². The lowest BCUT2D eigenvalue weighted by molar-refractivity contribution is -0.688. The fourth-order valence-electron chi connectivity index (χ4n) is 1.59. The van der Waals surface area contributed by atoms with Gasteiger partial charge in [-0.15, -0.1) is 0 Å². The molecule has 106 valence electrons. The van der Waals surface area contributed by atoms with E-state index in [9.17, 15) is 5.11 Å². The number of pyridine rings is 1. The molecule has 21 heavy (non-hydrogen) atoms. The Morgan fingerprint density at radius 2 is 2.05 bits per heavy atom. The third-order valence-corrected chi connectivity index (χ3v) is 3.16. The number of benzene rings is 1. The summed E-state index contributed by atoms with van der Waals surface area (Å²) in [6.45, 7) is 2.02. The van der Waals surface area contributed by atoms with Crippen molar-refractivity contribution in [2.75, 3.05) is 0 Å². The molecule has 0 fully saturated rings. The summed E-state index contributed by atoms with van der Waals surface area (Å²) in [4.78, 5) is 9.47. The fourth-order valence-corrected chi connectivity index (χ4v) is 1.73. The van der Waals surface area contributed by atoms with Gasteiger partial charge in [0.1, 0.15) is 11.4 Å². The summed E-state index contributed by atoms with van der Waals surface area (Å²) in [6, 6.07) is 12.3. The zero-order valence-corrected chi connectivity index (χ0v) is 12.1. The second kappa shape index (κ2) is 6.73. The molecule has 0 aliphatic heterocycles. The zero-order chi connectivity index (χ0) is 15.2. The van der Waals surface area contributed by atoms with Crippen LogP contribution >= 0.6 is 11.8 Å². The molecule has 2 rings (SSSR count). The van der Waals surface area contributed by atoms with E-state index < -0.39 is 0 Å². The average Bonchev–Trinajstić information content (AvgIpc) is 2.53. The number of halogens is 1. The van der Waals surface area contributed by atoms with Gasteiger partial charge in [0.25, 0.3) is 5.71 Å². The molecular weight excluding hydrogens is 290 g/mol. The normalized spacial score (nSPS) is 11.5. The summed E-state index contributed by atoms with van der Waals surface area (Å²) in [5.41, 5.74) is 2.69. The van der Waals surface area contributed by atoms with Crippen LogP contribution in [-0.2, 0) is 11.4 Å². The minimum atomic E-state index is 0.0890. The number of aromatic hydroxyl groups is 1. The highest BCUT2D eigenvalue weighted by Gasteiger charge is 2.15. The lowest BCUT2D eigenvalue weighted by Gasteiger charge is -2.00. The maximum absolute atomic E-state index is 9.20. The zero-order valence-electron chi connectivity index (χ0n) is 11.3. The van der Waals surface area contributed by atoms with Gasteiger partial charge in [-0.05, 0) is 29.8 Å². The molecule has 1 heterocycles. The highest BCUT2D eigenvalue weighted by atomic mass is 35.5. The largest absolute Gasteiger partial charge is 0.506 e. The van der Waals surface area contributed by atoms with Crippen molar-refractivity contribution in [2.45, 2.75) is 13.5 Å². The van der Waals surface area contributed by atoms with E-state index in [-0.39, 0.29) is 12.4 Å². The van der Waals surface area contributed by atoms with Crippen molar-refractivity contribution < 1.29 is 14.2 Å². The van der Waals surface area contributed by atoms with Crippen LogP contribution in [0.4, 0.5) is 0 Å². The fraction of sp³-hybridized carbons (Fsp3) is 0.133. The Hall–Kier alpha value is -2.58. The third-order valence-electron chi connectivity index (χ3n) is 2.81. The quantitative estimate of drug-likeness (QED) is 0.535. The second-order valence-corrected chi connectivity index (χ2v) is 4.62. The van der Waals surface area contributed by atoms with Gasteiger partial charge in [-0.2, -0.15) is 5.26 Å². The molecule has 1 N–H and O–H groups in total. The molecule has 0 saturated heterocycles. The first kappa shape index (κ1) is 14.8. The Kier molecular flexibility index (Phi) is 4.75. The Morgan fingerprint density at radius 3 is 2.62 bits per heavy atom. The first-order valence-electron chi connectivity index (χ1n) is 6.17. The maximum Gasteiger partial charge on any atom is 0.319 e. The number of hydrogen-bond acceptors (Lipinski definition) is 4. The number of rotatable bonds is 4. The smallest absolute Gasteiger partial charge is 0.319 e. The molecule has 0 aliphatic rings. The van der Waals surface area contributed by atoms with E-state index in [4.69, 9.17) is 21.9 Å². The van der Waals surface area contributed by atoms with E-state index in [1.165, 1.54) is 12.3 Å². The minimum absolute atomic E-state index is 0.0890. The van der Waals surface area contributed by atoms with Crippen LogP contribution < -0.4 is 0 Å². The van der Waals surface area contributed by atoms with Crippen LogP contribution in [-0.4, -0.2) is 20.1 Å². The molecule has 0 spiro atoms. The first-order valence-corrected chi connectivity index (χ1v) is 6.51. The van der Waals surface area contributed by atoms with Crippen LogP contribution in [0.1, 0.15) is 23.7 Å². The Morgan fingerprint density at radius 1 is 1.33 bits per heavy atom. The molecule has 0 amide bonds. The van der Waals surface area contributed by atoms with Crippen molar-refractivity contribution in [3.05, 3.63) is 59.4 Å². The molecule has 0 unspecified atom stereocenters. The van der Waals surface area contributed by atoms with E-state index in [2.05, 4.69) is 11.1 Å². The van der Waals surface area contributed by atoms with Gasteiger partial charge in [0.05, 0.1) is 22.1 Å². The van der Waals surface area contributed by atoms with Crippen molar-refractivity contribution in [3.8, 4) is 11.8 Å². The summed E-state index contributed by atoms with van der Waals surface area (Å²) in [5, 5.41) is 17.9. The van der Waals surface area contributed by atoms with Crippen LogP contribution in [0.2, 0.25) is 0 Å². The number of aromatic nitrogens is 1. The van der Waals surface area contributed by atoms with Gasteiger partial charge in [0, 0.05) is 6.92 Å². The van der Waals surface area contributed by atoms with Crippen LogP contribution in [0.5, 0.6) is 5.75 Å². The maximum atomic E-state index is 9.20. The molecule has 2 aromatic rings. The number of hydrogen-bond donors (Lipinski definition) is 1. The predicted octanol–water partition coefficient (Wildman–Crippen LogP) is 2.77. The average molecular weight is 303 g/mol. The van der Waals surface area contributed by atoms with Gasteiger partial charge in [0.2, 0.25) is 0 Å². The van der Waals surface area contributed by atoms with E-state index >= 15 is 0 Å². The molecule has 6 heteroatoms. The number of nitriles is 1. The molecule has 1 aromatic heterocycles. The van der Waals surface area contributed by atoms with Crippen molar-refractivity contribution in [1.29, 1.82) is 5.26 Å². The summed E-state index contributed by atoms with van der Waals surface area (Å²) in [5.74, 6) is 0.0890. The SMILES string of the molecule is CC(c1ccc(O)cn1)=[N+](Cl)OCc1ccc(C#N)cc1. The lowest BCUT2D eigenvalue weighted by Crippen LogP contribution is -2.13. The van der Waals surface area contributed by atoms with Crippen molar-refractivity contribution >= 4 is 17.5 Å². The number of nitrogens with zero attached hydrogens (tertiary/aromatic N) is 3. The van der Waals surface area contributed by atoms with Gasteiger partial charge >= 0.3 is 11.8 Å². The van der Waals surface area contributed by atoms with Crippen molar-refractivity contribution in [2.24, 2.45) is 0 Å². The van der Waals surface area contributed by atoms with Crippen LogP contribution in [0.15, 0.2) is 42.6 Å². The topological polar surface area (TPSA) is 69.2 Å². The summed E-state index contributed by atoms with van der Waals surface area (Å²) in [6.07, 6.45) is 1.34. The van der Waals surface area contributed by atoms with E-state index in [0.29, 0.717) is 17.0 Å². The summed E-state index contributed by atoms with van der Waals surface area (Å²) < 4.78 is 1.11. The van der Waals surface area contributed by atoms with Crippen LogP contribution in [0.25, 0.3) is 0 Å². The highest BCUT2D eigenvalue weighted by molar-refractivity contribution is 6.10. The monoisotopic (exact) mass is 302 g/mol. The van der Waals surface area contributed by atoms with Crippen molar-refractivity contribution in [3.63, 3.8) is 0 Å². The van der Waals surface area contributed by atoms with E-state index in [1.54, 1.807) is 37.3 Å². The summed E-state index contributed by atoms with van der Waals surface area (Å²) >= 11 is 6.03. The Balaban J connectivity index is 2.05. The molecule has 0 atom stereocenters. The molecule has 0 saturated carbocycles. The molecular formula is C15H13ClN3O2+. The minimum Gasteiger partial charge on any atom is -0.506 e. The molecule has 1 aromatic carbocycles. The molecule has 0 aliphatic carbocycles. The molecule has 0 radical (unpaired) electrons. The standard InChI is InChI=1S/C15H12ClN3O2/c1-11(15-7-6-14(20)9-18-15)19(16)21-10-13-4-2-12(8-17)3-5-13/h2-7,9H,10H2,1H3/p+1. The second-order valence-electron chi connectivity index (χ2n) is 4.31. The van der Waals surface area contributed by atoms with Gasteiger partial charge in [-0.25, -0.2) is 4.98 Å². The highest BCUT2D eigenvalue weighted by Crippen LogP contribution is 2.09. The van der Waals surface area contributed by atoms with Gasteiger partial charge in [-0.3, -0.25) is 4.84 Å². The molecule has 5 nitrogen and oxygen atoms in total. The third kappa shape index (κ3) is 3.94. The Labute approximate surface area is 127 Å². The molecule has 0 bridgehead atoms. The van der Waals surface area contributed by atoms with E-state index in [0.717, 1.165) is 9.82 Å². The van der Waals surface area contributed by atoms with Gasteiger partial charge < -0.3 is 5.11 Å². The van der Waals surface area contributed by atoms with Crippen LogP contribution in [0, 0.1) is 11.3 Å². The summed E-state index contributed by atoms with van der Waals surface area (Å²) in [7, 11) is 0. The van der Waals surface area contributed by atoms with E-state index in [1.807, 2.05) is 0 Å². The first-order chi connectivity index (χ1) is 10.1. The lowest BCUT2D eigenvalue weighted by atomic mass is 10.2. The predicted molar refractivity (Wildman–Crippen MR) is 77.7 cm³/mol. The van der Waals surface area contributed by atoms with Gasteiger partial charge in [0.15, 0.2) is 6.61 Å². The van der Waals surface area contributed by atoms with Crippen LogP contribution in [0.3, 0.4) is 0 Å². The Bertz CT molecular complexity index is 688. The van der Waals surface area contributed by atoms with Crippen molar-refractivity contribution in [1.82, 2.24) is 4.98 Å².